The average Bonchev–Trinajstić information content (AvgIpc) is 2.37. The van der Waals surface area contributed by atoms with Crippen molar-refractivity contribution in [2.75, 3.05) is 13.6 Å². The molecular formula is C12H16N2O6S. The highest BCUT2D eigenvalue weighted by molar-refractivity contribution is 7.89. The largest absolute Gasteiger partial charge is 0.481 e. The van der Waals surface area contributed by atoms with Crippen LogP contribution in [0.2, 0.25) is 0 Å². The number of aryl methyl sites for hydroxylation is 2. The minimum Gasteiger partial charge on any atom is -0.481 e. The lowest BCUT2D eigenvalue weighted by Crippen LogP contribution is -2.29. The Morgan fingerprint density at radius 1 is 1.33 bits per heavy atom. The van der Waals surface area contributed by atoms with E-state index in [1.165, 1.54) is 19.2 Å². The van der Waals surface area contributed by atoms with Crippen molar-refractivity contribution in [3.63, 3.8) is 0 Å². The van der Waals surface area contributed by atoms with Crippen LogP contribution >= 0.6 is 0 Å². The second-order valence-electron chi connectivity index (χ2n) is 4.63. The first-order valence-electron chi connectivity index (χ1n) is 6.01. The molecule has 0 atom stereocenters. The van der Waals surface area contributed by atoms with Crippen molar-refractivity contribution in [2.24, 2.45) is 0 Å². The van der Waals surface area contributed by atoms with E-state index < -0.39 is 31.5 Å². The van der Waals surface area contributed by atoms with Crippen LogP contribution in [-0.2, 0) is 14.8 Å². The van der Waals surface area contributed by atoms with Crippen molar-refractivity contribution in [3.8, 4) is 0 Å². The summed E-state index contributed by atoms with van der Waals surface area (Å²) in [6, 6.07) is 2.44. The minimum absolute atomic E-state index is 0.262. The Bertz CT molecular complexity index is 683. The maximum atomic E-state index is 12.4. The van der Waals surface area contributed by atoms with Gasteiger partial charge in [-0.1, -0.05) is 0 Å². The van der Waals surface area contributed by atoms with E-state index in [1.54, 1.807) is 13.8 Å². The van der Waals surface area contributed by atoms with Crippen molar-refractivity contribution in [1.82, 2.24) is 4.31 Å². The third-order valence-corrected chi connectivity index (χ3v) is 4.99. The molecule has 0 fully saturated rings. The molecule has 0 aliphatic carbocycles. The molecule has 0 bridgehead atoms. The second kappa shape index (κ2) is 6.19. The smallest absolute Gasteiger partial charge is 0.304 e. The average molecular weight is 316 g/mol. The van der Waals surface area contributed by atoms with Gasteiger partial charge in [0.25, 0.3) is 5.69 Å². The van der Waals surface area contributed by atoms with Crippen LogP contribution in [0.4, 0.5) is 5.69 Å². The molecule has 0 spiro atoms. The zero-order valence-electron chi connectivity index (χ0n) is 11.9. The first-order chi connectivity index (χ1) is 9.57. The van der Waals surface area contributed by atoms with Gasteiger partial charge in [-0.25, -0.2) is 12.7 Å². The van der Waals surface area contributed by atoms with Gasteiger partial charge in [0.2, 0.25) is 10.0 Å². The Morgan fingerprint density at radius 3 is 2.33 bits per heavy atom. The van der Waals surface area contributed by atoms with Gasteiger partial charge in [0.15, 0.2) is 4.90 Å². The fourth-order valence-electron chi connectivity index (χ4n) is 1.66. The monoisotopic (exact) mass is 316 g/mol. The lowest BCUT2D eigenvalue weighted by molar-refractivity contribution is -0.387. The maximum Gasteiger partial charge on any atom is 0.304 e. The fraction of sp³-hybridized carbons (Fsp3) is 0.417. The van der Waals surface area contributed by atoms with Crippen molar-refractivity contribution in [3.05, 3.63) is 33.4 Å². The molecule has 0 saturated carbocycles. The van der Waals surface area contributed by atoms with Crippen LogP contribution in [-0.4, -0.2) is 42.3 Å². The number of hydrogen-bond donors (Lipinski definition) is 1. The number of nitro benzene ring substituents is 1. The van der Waals surface area contributed by atoms with Crippen LogP contribution in [0.25, 0.3) is 0 Å². The van der Waals surface area contributed by atoms with E-state index in [4.69, 9.17) is 5.11 Å². The number of hydrogen-bond acceptors (Lipinski definition) is 5. The quantitative estimate of drug-likeness (QED) is 0.624. The van der Waals surface area contributed by atoms with E-state index in [9.17, 15) is 23.3 Å². The molecule has 0 radical (unpaired) electrons. The van der Waals surface area contributed by atoms with E-state index in [-0.39, 0.29) is 13.0 Å². The van der Waals surface area contributed by atoms with E-state index in [2.05, 4.69) is 0 Å². The zero-order chi connectivity index (χ0) is 16.4. The molecule has 1 aromatic carbocycles. The first-order valence-corrected chi connectivity index (χ1v) is 7.45. The molecule has 0 heterocycles. The molecule has 1 aromatic rings. The topological polar surface area (TPSA) is 118 Å². The summed E-state index contributed by atoms with van der Waals surface area (Å²) in [5.74, 6) is -1.15. The molecule has 0 saturated heterocycles. The van der Waals surface area contributed by atoms with Gasteiger partial charge in [0, 0.05) is 19.7 Å². The van der Waals surface area contributed by atoms with Gasteiger partial charge in [-0.2, -0.15) is 0 Å². The van der Waals surface area contributed by atoms with E-state index in [0.29, 0.717) is 11.1 Å². The Kier molecular flexibility index (Phi) is 5.02. The number of rotatable bonds is 6. The highest BCUT2D eigenvalue weighted by Crippen LogP contribution is 2.29. The number of carbonyl (C=O) groups is 1. The Labute approximate surface area is 122 Å². The van der Waals surface area contributed by atoms with Crippen LogP contribution in [0.15, 0.2) is 17.0 Å². The van der Waals surface area contributed by atoms with Crippen LogP contribution in [0, 0.1) is 24.0 Å². The molecule has 8 nitrogen and oxygen atoms in total. The van der Waals surface area contributed by atoms with Crippen LogP contribution in [0.5, 0.6) is 0 Å². The Balaban J connectivity index is 3.33. The molecule has 0 unspecified atom stereocenters. The summed E-state index contributed by atoms with van der Waals surface area (Å²) < 4.78 is 25.5. The minimum atomic E-state index is -4.12. The number of carboxylic acids is 1. The maximum absolute atomic E-state index is 12.4. The number of benzene rings is 1. The summed E-state index contributed by atoms with van der Waals surface area (Å²) in [6.07, 6.45) is -0.381. The predicted octanol–water partition coefficient (Wildman–Crippen LogP) is 1.31. The number of nitro groups is 1. The summed E-state index contributed by atoms with van der Waals surface area (Å²) in [5.41, 5.74) is 0.694. The molecule has 116 valence electrons. The van der Waals surface area contributed by atoms with E-state index in [0.717, 1.165) is 4.31 Å². The van der Waals surface area contributed by atoms with Gasteiger partial charge in [-0.15, -0.1) is 0 Å². The molecule has 0 aliphatic rings. The standard InChI is InChI=1S/C12H16N2O6S/c1-8-6-10(14(17)18)11(7-9(8)2)21(19,20)13(3)5-4-12(15)16/h6-7H,4-5H2,1-3H3,(H,15,16). The Hall–Kier alpha value is -2.00. The number of sulfonamides is 1. The zero-order valence-corrected chi connectivity index (χ0v) is 12.7. The SMILES string of the molecule is Cc1cc([N+](=O)[O-])c(S(=O)(=O)N(C)CCC(=O)O)cc1C. The lowest BCUT2D eigenvalue weighted by atomic mass is 10.1. The normalized spacial score (nSPS) is 11.6. The molecule has 1 rings (SSSR count). The summed E-state index contributed by atoms with van der Waals surface area (Å²) in [6.45, 7) is 3.03. The van der Waals surface area contributed by atoms with Gasteiger partial charge in [0.05, 0.1) is 11.3 Å². The van der Waals surface area contributed by atoms with Crippen molar-refractivity contribution in [2.45, 2.75) is 25.2 Å². The summed E-state index contributed by atoms with van der Waals surface area (Å²) in [4.78, 5) is 20.4. The highest BCUT2D eigenvalue weighted by atomic mass is 32.2. The van der Waals surface area contributed by atoms with Crippen molar-refractivity contribution in [1.29, 1.82) is 0 Å². The third kappa shape index (κ3) is 3.76. The summed E-state index contributed by atoms with van der Waals surface area (Å²) >= 11 is 0. The van der Waals surface area contributed by atoms with Gasteiger partial charge in [0.1, 0.15) is 0 Å². The summed E-state index contributed by atoms with van der Waals surface area (Å²) in [7, 11) is -2.93. The van der Waals surface area contributed by atoms with Crippen LogP contribution < -0.4 is 0 Å². The van der Waals surface area contributed by atoms with Crippen LogP contribution in [0.1, 0.15) is 17.5 Å². The number of aliphatic carboxylic acids is 1. The van der Waals surface area contributed by atoms with E-state index in [1.807, 2.05) is 0 Å². The number of carboxylic acid groups (broad SMARTS) is 1. The van der Waals surface area contributed by atoms with Gasteiger partial charge in [-0.3, -0.25) is 14.9 Å². The molecule has 0 amide bonds. The Morgan fingerprint density at radius 2 is 1.86 bits per heavy atom. The van der Waals surface area contributed by atoms with Crippen LogP contribution in [0.3, 0.4) is 0 Å². The van der Waals surface area contributed by atoms with Gasteiger partial charge < -0.3 is 5.11 Å². The first kappa shape index (κ1) is 17.1. The predicted molar refractivity (Wildman–Crippen MR) is 74.6 cm³/mol. The third-order valence-electron chi connectivity index (χ3n) is 3.10. The number of nitrogens with zero attached hydrogens (tertiary/aromatic N) is 2. The molecule has 21 heavy (non-hydrogen) atoms. The second-order valence-corrected chi connectivity index (χ2v) is 6.64. The lowest BCUT2D eigenvalue weighted by Gasteiger charge is -2.17. The van der Waals surface area contributed by atoms with Crippen molar-refractivity contribution < 1.29 is 23.2 Å². The van der Waals surface area contributed by atoms with Gasteiger partial charge >= 0.3 is 5.97 Å². The molecular weight excluding hydrogens is 300 g/mol. The highest BCUT2D eigenvalue weighted by Gasteiger charge is 2.30. The van der Waals surface area contributed by atoms with Gasteiger partial charge in [-0.05, 0) is 31.0 Å². The molecule has 9 heteroatoms. The van der Waals surface area contributed by atoms with E-state index >= 15 is 0 Å². The molecule has 0 aliphatic heterocycles. The molecule has 1 N–H and O–H groups in total. The summed E-state index contributed by atoms with van der Waals surface area (Å²) in [5, 5.41) is 19.6. The fourth-order valence-corrected chi connectivity index (χ4v) is 3.06. The molecule has 0 aromatic heterocycles. The van der Waals surface area contributed by atoms with Crippen molar-refractivity contribution >= 4 is 21.7 Å².